The summed E-state index contributed by atoms with van der Waals surface area (Å²) in [4.78, 5) is 4.95. The first-order chi connectivity index (χ1) is 9.46. The largest absolute Gasteiger partial charge is 0.265 e. The van der Waals surface area contributed by atoms with Crippen molar-refractivity contribution in [2.24, 2.45) is 0 Å². The molecule has 0 bridgehead atoms. The van der Waals surface area contributed by atoms with Gasteiger partial charge in [0.2, 0.25) is 10.0 Å². The Bertz CT molecular complexity index is 684. The molecule has 0 aliphatic carbocycles. The molecule has 108 valence electrons. The average molecular weight is 331 g/mol. The van der Waals surface area contributed by atoms with Gasteiger partial charge >= 0.3 is 0 Å². The number of thiophene rings is 1. The van der Waals surface area contributed by atoms with E-state index < -0.39 is 10.0 Å². The van der Waals surface area contributed by atoms with Crippen molar-refractivity contribution in [2.45, 2.75) is 24.2 Å². The maximum absolute atomic E-state index is 12.7. The lowest BCUT2D eigenvalue weighted by Gasteiger charge is -2.18. The first-order valence-corrected chi connectivity index (χ1v) is 8.80. The molecule has 0 saturated carbocycles. The van der Waals surface area contributed by atoms with Gasteiger partial charge in [0.25, 0.3) is 0 Å². The van der Waals surface area contributed by atoms with Gasteiger partial charge in [0, 0.05) is 30.9 Å². The number of rotatable bonds is 5. The van der Waals surface area contributed by atoms with E-state index in [-0.39, 0.29) is 5.88 Å². The highest BCUT2D eigenvalue weighted by molar-refractivity contribution is 7.89. The zero-order valence-corrected chi connectivity index (χ0v) is 13.6. The predicted octanol–water partition coefficient (Wildman–Crippen LogP) is 3.01. The summed E-state index contributed by atoms with van der Waals surface area (Å²) in [6.45, 7) is 2.10. The van der Waals surface area contributed by atoms with E-state index >= 15 is 0 Å². The highest BCUT2D eigenvalue weighted by Crippen LogP contribution is 2.30. The molecule has 0 N–H and O–H groups in total. The third-order valence-electron chi connectivity index (χ3n) is 2.93. The van der Waals surface area contributed by atoms with Gasteiger partial charge in [-0.3, -0.25) is 4.98 Å². The molecule has 2 heterocycles. The van der Waals surface area contributed by atoms with Crippen LogP contribution in [0.4, 0.5) is 0 Å². The van der Waals surface area contributed by atoms with Crippen LogP contribution in [0.2, 0.25) is 0 Å². The summed E-state index contributed by atoms with van der Waals surface area (Å²) >= 11 is 7.21. The van der Waals surface area contributed by atoms with Crippen LogP contribution in [0.5, 0.6) is 0 Å². The van der Waals surface area contributed by atoms with E-state index in [9.17, 15) is 8.42 Å². The van der Waals surface area contributed by atoms with E-state index in [0.29, 0.717) is 16.3 Å². The zero-order valence-electron chi connectivity index (χ0n) is 11.2. The highest BCUT2D eigenvalue weighted by atomic mass is 35.5. The van der Waals surface area contributed by atoms with Crippen LogP contribution in [0.3, 0.4) is 0 Å². The van der Waals surface area contributed by atoms with Crippen molar-refractivity contribution in [1.29, 1.82) is 0 Å². The number of hydrogen-bond acceptors (Lipinski definition) is 4. The number of nitrogens with zero attached hydrogens (tertiary/aromatic N) is 2. The molecule has 7 heteroatoms. The molecular formula is C13H15ClN2O2S2. The van der Waals surface area contributed by atoms with Crippen LogP contribution in [-0.2, 0) is 22.4 Å². The van der Waals surface area contributed by atoms with Crippen LogP contribution in [0.15, 0.2) is 34.8 Å². The minimum Gasteiger partial charge on any atom is -0.265 e. The summed E-state index contributed by atoms with van der Waals surface area (Å²) < 4.78 is 26.7. The molecule has 0 unspecified atom stereocenters. The van der Waals surface area contributed by atoms with E-state index in [2.05, 4.69) is 4.98 Å². The average Bonchev–Trinajstić information content (AvgIpc) is 2.81. The number of pyridine rings is 1. The van der Waals surface area contributed by atoms with E-state index in [1.165, 1.54) is 15.6 Å². The number of aromatic nitrogens is 1. The number of halogens is 1. The Morgan fingerprint density at radius 3 is 2.60 bits per heavy atom. The summed E-state index contributed by atoms with van der Waals surface area (Å²) in [5.41, 5.74) is 1.64. The van der Waals surface area contributed by atoms with Gasteiger partial charge in [-0.25, -0.2) is 8.42 Å². The smallest absolute Gasteiger partial charge is 0.244 e. The third-order valence-corrected chi connectivity index (χ3v) is 6.63. The normalized spacial score (nSPS) is 12.0. The first-order valence-electron chi connectivity index (χ1n) is 5.95. The fourth-order valence-electron chi connectivity index (χ4n) is 1.91. The Labute approximate surface area is 128 Å². The maximum Gasteiger partial charge on any atom is 0.244 e. The van der Waals surface area contributed by atoms with Gasteiger partial charge in [-0.15, -0.1) is 22.9 Å². The summed E-state index contributed by atoms with van der Waals surface area (Å²) in [7, 11) is -1.95. The van der Waals surface area contributed by atoms with Gasteiger partial charge in [0.1, 0.15) is 4.90 Å². The Morgan fingerprint density at radius 1 is 1.35 bits per heavy atom. The van der Waals surface area contributed by atoms with Crippen LogP contribution in [0.1, 0.15) is 16.0 Å². The Balaban J connectivity index is 2.32. The van der Waals surface area contributed by atoms with Crippen molar-refractivity contribution < 1.29 is 8.42 Å². The topological polar surface area (TPSA) is 50.3 Å². The molecule has 0 amide bonds. The fraction of sp³-hybridized carbons (Fsp3) is 0.308. The molecule has 0 aliphatic rings. The van der Waals surface area contributed by atoms with Gasteiger partial charge in [-0.2, -0.15) is 4.31 Å². The van der Waals surface area contributed by atoms with Crippen molar-refractivity contribution >= 4 is 33.0 Å². The predicted molar refractivity (Wildman–Crippen MR) is 81.5 cm³/mol. The van der Waals surface area contributed by atoms with Crippen molar-refractivity contribution in [3.63, 3.8) is 0 Å². The monoisotopic (exact) mass is 330 g/mol. The van der Waals surface area contributed by atoms with Crippen LogP contribution in [-0.4, -0.2) is 24.8 Å². The molecule has 4 nitrogen and oxygen atoms in total. The van der Waals surface area contributed by atoms with E-state index in [0.717, 1.165) is 11.1 Å². The van der Waals surface area contributed by atoms with E-state index in [1.807, 2.05) is 5.38 Å². The molecule has 0 fully saturated rings. The minimum absolute atomic E-state index is 0.205. The summed E-state index contributed by atoms with van der Waals surface area (Å²) in [6, 6.07) is 3.60. The quantitative estimate of drug-likeness (QED) is 0.792. The van der Waals surface area contributed by atoms with Crippen LogP contribution in [0, 0.1) is 6.92 Å². The highest BCUT2D eigenvalue weighted by Gasteiger charge is 2.27. The number of aryl methyl sites for hydroxylation is 1. The fourth-order valence-corrected chi connectivity index (χ4v) is 5.07. The van der Waals surface area contributed by atoms with Crippen LogP contribution >= 0.6 is 22.9 Å². The molecule has 2 aromatic heterocycles. The summed E-state index contributed by atoms with van der Waals surface area (Å²) in [6.07, 6.45) is 3.30. The third kappa shape index (κ3) is 3.03. The second-order valence-corrected chi connectivity index (χ2v) is 7.63. The molecule has 0 aliphatic heterocycles. The number of sulfonamides is 1. The van der Waals surface area contributed by atoms with Crippen molar-refractivity contribution in [3.8, 4) is 0 Å². The number of hydrogen-bond donors (Lipinski definition) is 0. The lowest BCUT2D eigenvalue weighted by Crippen LogP contribution is -2.27. The second kappa shape index (κ2) is 6.22. The number of alkyl halides is 1. The molecule has 0 aromatic carbocycles. The Kier molecular flexibility index (Phi) is 4.80. The molecule has 20 heavy (non-hydrogen) atoms. The molecule has 2 rings (SSSR count). The molecule has 0 radical (unpaired) electrons. The second-order valence-electron chi connectivity index (χ2n) is 4.42. The van der Waals surface area contributed by atoms with Crippen molar-refractivity contribution in [2.75, 3.05) is 7.05 Å². The zero-order chi connectivity index (χ0) is 14.8. The van der Waals surface area contributed by atoms with Crippen LogP contribution in [0.25, 0.3) is 0 Å². The summed E-state index contributed by atoms with van der Waals surface area (Å²) in [5, 5.41) is 1.82. The van der Waals surface area contributed by atoms with Crippen molar-refractivity contribution in [1.82, 2.24) is 9.29 Å². The molecule has 0 atom stereocenters. The lowest BCUT2D eigenvalue weighted by atomic mass is 10.3. The molecule has 0 saturated heterocycles. The Hall–Kier alpha value is -0.950. The van der Waals surface area contributed by atoms with Gasteiger partial charge in [0.05, 0.1) is 5.88 Å². The van der Waals surface area contributed by atoms with Gasteiger partial charge < -0.3 is 0 Å². The maximum atomic E-state index is 12.7. The lowest BCUT2D eigenvalue weighted by molar-refractivity contribution is 0.466. The standard InChI is InChI=1S/C13H15ClN2O2S2/c1-10-9-19-12(7-14)13(10)20(17,18)16(2)8-11-3-5-15-6-4-11/h3-6,9H,7-8H2,1-2H3. The van der Waals surface area contributed by atoms with E-state index in [1.54, 1.807) is 38.5 Å². The van der Waals surface area contributed by atoms with Gasteiger partial charge in [0.15, 0.2) is 0 Å². The Morgan fingerprint density at radius 2 is 2.00 bits per heavy atom. The minimum atomic E-state index is -3.53. The molecular weight excluding hydrogens is 316 g/mol. The van der Waals surface area contributed by atoms with Gasteiger partial charge in [-0.1, -0.05) is 0 Å². The van der Waals surface area contributed by atoms with E-state index in [4.69, 9.17) is 11.6 Å². The summed E-state index contributed by atoms with van der Waals surface area (Å²) in [5.74, 6) is 0.205. The molecule has 0 spiro atoms. The molecule has 2 aromatic rings. The van der Waals surface area contributed by atoms with Gasteiger partial charge in [-0.05, 0) is 35.6 Å². The SMILES string of the molecule is Cc1csc(CCl)c1S(=O)(=O)N(C)Cc1ccncc1. The van der Waals surface area contributed by atoms with Crippen LogP contribution < -0.4 is 0 Å². The van der Waals surface area contributed by atoms with Crippen molar-refractivity contribution in [3.05, 3.63) is 45.9 Å². The first kappa shape index (κ1) is 15.4.